The van der Waals surface area contributed by atoms with Crippen molar-refractivity contribution in [1.29, 1.82) is 0 Å². The van der Waals surface area contributed by atoms with Crippen LogP contribution in [0.1, 0.15) is 55.5 Å². The summed E-state index contributed by atoms with van der Waals surface area (Å²) >= 11 is 0. The van der Waals surface area contributed by atoms with E-state index in [2.05, 4.69) is 174 Å². The second kappa shape index (κ2) is 9.69. The summed E-state index contributed by atoms with van der Waals surface area (Å²) in [5.74, 6) is 0. The molecule has 0 spiro atoms. The molecule has 0 aromatic heterocycles. The third-order valence-electron chi connectivity index (χ3n) is 11.3. The van der Waals surface area contributed by atoms with Crippen LogP contribution in [-0.4, -0.2) is 7.05 Å². The van der Waals surface area contributed by atoms with Crippen molar-refractivity contribution in [3.8, 4) is 33.4 Å². The Morgan fingerprint density at radius 2 is 0.979 bits per heavy atom. The van der Waals surface area contributed by atoms with E-state index in [1.54, 1.807) is 0 Å². The van der Waals surface area contributed by atoms with Gasteiger partial charge in [-0.15, -0.1) is 0 Å². The first-order chi connectivity index (χ1) is 22.7. The predicted octanol–water partition coefficient (Wildman–Crippen LogP) is 12.3. The molecule has 9 rings (SSSR count). The van der Waals surface area contributed by atoms with Crippen molar-refractivity contribution in [2.24, 2.45) is 0 Å². The van der Waals surface area contributed by atoms with E-state index in [-0.39, 0.29) is 10.8 Å². The van der Waals surface area contributed by atoms with E-state index in [0.29, 0.717) is 0 Å². The van der Waals surface area contributed by atoms with Crippen LogP contribution >= 0.6 is 0 Å². The summed E-state index contributed by atoms with van der Waals surface area (Å²) < 4.78 is 0. The summed E-state index contributed by atoms with van der Waals surface area (Å²) in [7, 11) is 2.22. The van der Waals surface area contributed by atoms with Gasteiger partial charge in [-0.1, -0.05) is 142 Å². The molecule has 1 heteroatoms. The maximum Gasteiger partial charge on any atom is 0.0455 e. The molecule has 7 aromatic rings. The van der Waals surface area contributed by atoms with Gasteiger partial charge in [0.25, 0.3) is 0 Å². The van der Waals surface area contributed by atoms with Crippen LogP contribution in [-0.2, 0) is 10.8 Å². The normalized spacial score (nSPS) is 15.3. The van der Waals surface area contributed by atoms with Crippen molar-refractivity contribution in [3.05, 3.63) is 155 Å². The van der Waals surface area contributed by atoms with Crippen LogP contribution in [0.15, 0.2) is 127 Å². The van der Waals surface area contributed by atoms with E-state index >= 15 is 0 Å². The van der Waals surface area contributed by atoms with Crippen molar-refractivity contribution in [1.82, 2.24) is 0 Å². The number of benzene rings is 7. The molecule has 47 heavy (non-hydrogen) atoms. The highest BCUT2D eigenvalue weighted by Gasteiger charge is 2.36. The van der Waals surface area contributed by atoms with Crippen LogP contribution in [0.4, 0.5) is 11.4 Å². The lowest BCUT2D eigenvalue weighted by Gasteiger charge is -2.40. The van der Waals surface area contributed by atoms with Gasteiger partial charge < -0.3 is 4.90 Å². The Labute approximate surface area is 278 Å². The lowest BCUT2D eigenvalue weighted by molar-refractivity contribution is 0.629. The number of hydrogen-bond acceptors (Lipinski definition) is 1. The first kappa shape index (κ1) is 28.1. The molecule has 1 nitrogen and oxygen atoms in total. The molecule has 0 amide bonds. The fourth-order valence-corrected chi connectivity index (χ4v) is 8.84. The number of hydrogen-bond donors (Lipinski definition) is 0. The summed E-state index contributed by atoms with van der Waals surface area (Å²) in [6, 6.07) is 48.2. The van der Waals surface area contributed by atoms with Crippen LogP contribution in [0.2, 0.25) is 0 Å². The standard InChI is InChI=1S/C46H39N/c1-28-19-22-35-36(25-28)44(29-20-23-32-31-13-9-10-16-37(31)45(2,3)40(32)26-29)34-15-8-7-14-33(34)43(35)30-21-24-39-42(27-30)47(6)41-18-12-11-17-38(41)46(39,4)5/h7-27H,1-6H3. The third-order valence-corrected chi connectivity index (χ3v) is 11.3. The Morgan fingerprint density at radius 1 is 0.426 bits per heavy atom. The molecule has 0 saturated carbocycles. The van der Waals surface area contributed by atoms with E-state index in [0.717, 1.165) is 0 Å². The molecule has 1 aliphatic heterocycles. The van der Waals surface area contributed by atoms with Crippen molar-refractivity contribution in [2.75, 3.05) is 11.9 Å². The second-order valence-corrected chi connectivity index (χ2v) is 14.7. The molecule has 1 heterocycles. The van der Waals surface area contributed by atoms with Crippen molar-refractivity contribution >= 4 is 32.9 Å². The van der Waals surface area contributed by atoms with E-state index in [9.17, 15) is 0 Å². The Bertz CT molecular complexity index is 2440. The van der Waals surface area contributed by atoms with Gasteiger partial charge in [0.15, 0.2) is 0 Å². The van der Waals surface area contributed by atoms with Gasteiger partial charge in [-0.05, 0) is 102 Å². The minimum atomic E-state index is -0.0803. The van der Waals surface area contributed by atoms with Gasteiger partial charge in [-0.2, -0.15) is 0 Å². The minimum absolute atomic E-state index is 0.0506. The lowest BCUT2D eigenvalue weighted by atomic mass is 9.73. The molecular weight excluding hydrogens is 567 g/mol. The third kappa shape index (κ3) is 3.83. The Balaban J connectivity index is 1.31. The van der Waals surface area contributed by atoms with Crippen LogP contribution < -0.4 is 4.90 Å². The number of anilines is 2. The monoisotopic (exact) mass is 605 g/mol. The van der Waals surface area contributed by atoms with Crippen LogP contribution in [0.5, 0.6) is 0 Å². The van der Waals surface area contributed by atoms with E-state index in [4.69, 9.17) is 0 Å². The van der Waals surface area contributed by atoms with Crippen LogP contribution in [0, 0.1) is 6.92 Å². The highest BCUT2D eigenvalue weighted by molar-refractivity contribution is 6.21. The summed E-state index contributed by atoms with van der Waals surface area (Å²) in [5, 5.41) is 5.19. The molecule has 0 saturated heterocycles. The Kier molecular flexibility index (Phi) is 5.79. The van der Waals surface area contributed by atoms with Gasteiger partial charge in [0.1, 0.15) is 0 Å². The first-order valence-corrected chi connectivity index (χ1v) is 16.8. The van der Waals surface area contributed by atoms with Crippen molar-refractivity contribution in [3.63, 3.8) is 0 Å². The number of rotatable bonds is 2. The lowest BCUT2D eigenvalue weighted by Crippen LogP contribution is -2.30. The number of nitrogens with zero attached hydrogens (tertiary/aromatic N) is 1. The maximum atomic E-state index is 2.48. The highest BCUT2D eigenvalue weighted by atomic mass is 15.1. The first-order valence-electron chi connectivity index (χ1n) is 16.8. The summed E-state index contributed by atoms with van der Waals surface area (Å²) in [5.41, 5.74) is 17.2. The van der Waals surface area contributed by atoms with Gasteiger partial charge in [0, 0.05) is 29.3 Å². The number of fused-ring (bicyclic) bond motifs is 7. The molecule has 0 radical (unpaired) electrons. The Hall–Kier alpha value is -5.14. The molecule has 0 atom stereocenters. The van der Waals surface area contributed by atoms with Crippen LogP contribution in [0.3, 0.4) is 0 Å². The number of aryl methyl sites for hydroxylation is 1. The maximum absolute atomic E-state index is 2.48. The fraction of sp³-hybridized carbons (Fsp3) is 0.174. The van der Waals surface area contributed by atoms with Crippen molar-refractivity contribution < 1.29 is 0 Å². The fourth-order valence-electron chi connectivity index (χ4n) is 8.84. The molecule has 0 unspecified atom stereocenters. The molecular formula is C46H39N. The summed E-state index contributed by atoms with van der Waals surface area (Å²) in [4.78, 5) is 2.38. The zero-order valence-corrected chi connectivity index (χ0v) is 28.1. The largest absolute Gasteiger partial charge is 0.344 e. The van der Waals surface area contributed by atoms with Gasteiger partial charge in [0.2, 0.25) is 0 Å². The van der Waals surface area contributed by atoms with E-state index in [1.165, 1.54) is 94.1 Å². The van der Waals surface area contributed by atoms with Crippen LogP contribution in [0.25, 0.3) is 54.9 Å². The van der Waals surface area contributed by atoms with Gasteiger partial charge in [-0.25, -0.2) is 0 Å². The average Bonchev–Trinajstić information content (AvgIpc) is 3.31. The molecule has 0 N–H and O–H groups in total. The SMILES string of the molecule is Cc1ccc2c(-c3ccc4c(c3)N(C)c3ccccc3C4(C)C)c3ccccc3c(-c3ccc4c(c3)C(C)(C)c3ccccc3-4)c2c1. The minimum Gasteiger partial charge on any atom is -0.344 e. The summed E-state index contributed by atoms with van der Waals surface area (Å²) in [6.45, 7) is 11.7. The molecule has 228 valence electrons. The van der Waals surface area contributed by atoms with Gasteiger partial charge >= 0.3 is 0 Å². The van der Waals surface area contributed by atoms with E-state index < -0.39 is 0 Å². The van der Waals surface area contributed by atoms with E-state index in [1.807, 2.05) is 0 Å². The summed E-state index contributed by atoms with van der Waals surface area (Å²) in [6.07, 6.45) is 0. The molecule has 2 aliphatic rings. The van der Waals surface area contributed by atoms with Crippen molar-refractivity contribution in [2.45, 2.75) is 45.4 Å². The quantitative estimate of drug-likeness (QED) is 0.177. The Morgan fingerprint density at radius 3 is 1.77 bits per heavy atom. The highest BCUT2D eigenvalue weighted by Crippen LogP contribution is 2.53. The molecule has 7 aromatic carbocycles. The molecule has 0 bridgehead atoms. The zero-order chi connectivity index (χ0) is 32.2. The second-order valence-electron chi connectivity index (χ2n) is 14.7. The number of para-hydroxylation sites is 1. The van der Waals surface area contributed by atoms with Gasteiger partial charge in [-0.3, -0.25) is 0 Å². The predicted molar refractivity (Wildman–Crippen MR) is 201 cm³/mol. The smallest absolute Gasteiger partial charge is 0.0455 e. The average molecular weight is 606 g/mol. The topological polar surface area (TPSA) is 3.24 Å². The van der Waals surface area contributed by atoms with Gasteiger partial charge in [0.05, 0.1) is 0 Å². The molecule has 0 fully saturated rings. The zero-order valence-electron chi connectivity index (χ0n) is 28.1. The molecule has 1 aliphatic carbocycles.